The van der Waals surface area contributed by atoms with Gasteiger partial charge in [-0.2, -0.15) is 4.98 Å². The minimum atomic E-state index is 0.156. The smallest absolute Gasteiger partial charge is 0.231 e. The Bertz CT molecular complexity index is 723. The summed E-state index contributed by atoms with van der Waals surface area (Å²) in [6.45, 7) is 3.42. The lowest BCUT2D eigenvalue weighted by Crippen LogP contribution is -2.30. The molecule has 0 bridgehead atoms. The van der Waals surface area contributed by atoms with Crippen LogP contribution in [0.4, 0.5) is 0 Å². The van der Waals surface area contributed by atoms with Gasteiger partial charge in [-0.15, -0.1) is 0 Å². The number of rotatable bonds is 4. The third-order valence-corrected chi connectivity index (χ3v) is 4.77. The van der Waals surface area contributed by atoms with Gasteiger partial charge >= 0.3 is 0 Å². The molecule has 4 rings (SSSR count). The van der Waals surface area contributed by atoms with Gasteiger partial charge in [0.1, 0.15) is 0 Å². The number of hydrogen-bond acceptors (Lipinski definition) is 5. The number of hydrogen-bond donors (Lipinski definition) is 0. The van der Waals surface area contributed by atoms with Gasteiger partial charge in [0.05, 0.1) is 12.3 Å². The zero-order valence-electron chi connectivity index (χ0n) is 13.2. The van der Waals surface area contributed by atoms with E-state index in [1.54, 1.807) is 12.4 Å². The second-order valence-electron chi connectivity index (χ2n) is 6.57. The van der Waals surface area contributed by atoms with Gasteiger partial charge in [-0.1, -0.05) is 5.16 Å². The summed E-state index contributed by atoms with van der Waals surface area (Å²) >= 11 is 0. The molecule has 1 unspecified atom stereocenters. The molecule has 0 aromatic carbocycles. The van der Waals surface area contributed by atoms with Gasteiger partial charge in [0.2, 0.25) is 11.8 Å². The van der Waals surface area contributed by atoms with Gasteiger partial charge in [0, 0.05) is 31.4 Å². The van der Waals surface area contributed by atoms with Crippen LogP contribution in [0.25, 0.3) is 0 Å². The first-order valence-electron chi connectivity index (χ1n) is 8.21. The Labute approximate surface area is 134 Å². The van der Waals surface area contributed by atoms with Crippen molar-refractivity contribution in [2.45, 2.75) is 44.4 Å². The molecule has 0 N–H and O–H groups in total. The molecule has 1 aliphatic carbocycles. The lowest BCUT2D eigenvalue weighted by molar-refractivity contribution is -0.129. The number of carbonyl (C=O) groups is 1. The highest BCUT2D eigenvalue weighted by Crippen LogP contribution is 2.39. The van der Waals surface area contributed by atoms with Crippen molar-refractivity contribution in [3.63, 3.8) is 0 Å². The van der Waals surface area contributed by atoms with Crippen molar-refractivity contribution in [1.82, 2.24) is 20.0 Å². The van der Waals surface area contributed by atoms with Crippen LogP contribution in [-0.2, 0) is 11.2 Å². The van der Waals surface area contributed by atoms with Gasteiger partial charge in [0.25, 0.3) is 0 Å². The van der Waals surface area contributed by atoms with Gasteiger partial charge in [0.15, 0.2) is 5.82 Å². The second-order valence-corrected chi connectivity index (χ2v) is 6.57. The summed E-state index contributed by atoms with van der Waals surface area (Å²) < 4.78 is 5.41. The number of pyridine rings is 1. The van der Waals surface area contributed by atoms with Crippen molar-refractivity contribution in [3.05, 3.63) is 41.3 Å². The third-order valence-electron chi connectivity index (χ3n) is 4.77. The summed E-state index contributed by atoms with van der Waals surface area (Å²) in [5.41, 5.74) is 2.10. The predicted molar refractivity (Wildman–Crippen MR) is 82.9 cm³/mol. The molecule has 0 spiro atoms. The van der Waals surface area contributed by atoms with Gasteiger partial charge in [-0.25, -0.2) is 0 Å². The van der Waals surface area contributed by atoms with Crippen LogP contribution in [0.3, 0.4) is 0 Å². The van der Waals surface area contributed by atoms with Crippen LogP contribution in [-0.4, -0.2) is 39.0 Å². The van der Waals surface area contributed by atoms with Crippen LogP contribution in [0, 0.1) is 6.92 Å². The number of likely N-dealkylation sites (tertiary alicyclic amines) is 1. The topological polar surface area (TPSA) is 72.1 Å². The minimum absolute atomic E-state index is 0.156. The van der Waals surface area contributed by atoms with E-state index < -0.39 is 0 Å². The quantitative estimate of drug-likeness (QED) is 0.865. The molecule has 2 aliphatic rings. The minimum Gasteiger partial charge on any atom is -0.342 e. The maximum absolute atomic E-state index is 12.5. The molecule has 23 heavy (non-hydrogen) atoms. The standard InChI is InChI=1S/C17H20N4O2/c1-11-9-18-6-4-13(11)8-15(22)21-7-5-14(10-21)17-19-16(20-23-17)12-2-3-12/h4,6,9,12,14H,2-3,5,7-8,10H2,1H3. The van der Waals surface area contributed by atoms with E-state index in [0.717, 1.165) is 29.9 Å². The van der Waals surface area contributed by atoms with E-state index in [1.165, 1.54) is 12.8 Å². The lowest BCUT2D eigenvalue weighted by atomic mass is 10.1. The summed E-state index contributed by atoms with van der Waals surface area (Å²) in [4.78, 5) is 23.0. The van der Waals surface area contributed by atoms with E-state index in [-0.39, 0.29) is 11.8 Å². The molecule has 0 radical (unpaired) electrons. The SMILES string of the molecule is Cc1cnccc1CC(=O)N1CCC(c2nc(C3CC3)no2)C1. The number of carbonyl (C=O) groups excluding carboxylic acids is 1. The van der Waals surface area contributed by atoms with Crippen molar-refractivity contribution in [1.29, 1.82) is 0 Å². The van der Waals surface area contributed by atoms with Crippen molar-refractivity contribution in [3.8, 4) is 0 Å². The van der Waals surface area contributed by atoms with Gasteiger partial charge in [-0.3, -0.25) is 9.78 Å². The summed E-state index contributed by atoms with van der Waals surface area (Å²) in [6, 6.07) is 1.92. The molecule has 2 aromatic rings. The van der Waals surface area contributed by atoms with E-state index >= 15 is 0 Å². The zero-order valence-corrected chi connectivity index (χ0v) is 13.2. The molecular formula is C17H20N4O2. The summed E-state index contributed by atoms with van der Waals surface area (Å²) in [6.07, 6.45) is 7.19. The van der Waals surface area contributed by atoms with Crippen LogP contribution < -0.4 is 0 Å². The van der Waals surface area contributed by atoms with E-state index in [0.29, 0.717) is 24.8 Å². The van der Waals surface area contributed by atoms with Crippen LogP contribution in [0.5, 0.6) is 0 Å². The molecule has 1 saturated carbocycles. The average molecular weight is 312 g/mol. The Kier molecular flexibility index (Phi) is 3.59. The largest absolute Gasteiger partial charge is 0.342 e. The van der Waals surface area contributed by atoms with E-state index in [4.69, 9.17) is 4.52 Å². The highest BCUT2D eigenvalue weighted by atomic mass is 16.5. The fraction of sp³-hybridized carbons (Fsp3) is 0.529. The third kappa shape index (κ3) is 2.98. The number of aromatic nitrogens is 3. The fourth-order valence-electron chi connectivity index (χ4n) is 3.08. The molecule has 6 nitrogen and oxygen atoms in total. The van der Waals surface area contributed by atoms with Crippen LogP contribution in [0.1, 0.15) is 53.9 Å². The molecule has 2 fully saturated rings. The van der Waals surface area contributed by atoms with Crippen LogP contribution >= 0.6 is 0 Å². The second kappa shape index (κ2) is 5.76. The molecule has 1 saturated heterocycles. The molecule has 2 aromatic heterocycles. The highest BCUT2D eigenvalue weighted by molar-refractivity contribution is 5.79. The van der Waals surface area contributed by atoms with E-state index in [2.05, 4.69) is 15.1 Å². The Morgan fingerprint density at radius 1 is 1.35 bits per heavy atom. The van der Waals surface area contributed by atoms with E-state index in [9.17, 15) is 4.79 Å². The van der Waals surface area contributed by atoms with Crippen molar-refractivity contribution < 1.29 is 9.32 Å². The zero-order chi connectivity index (χ0) is 15.8. The molecule has 6 heteroatoms. The summed E-state index contributed by atoms with van der Waals surface area (Å²) in [5.74, 6) is 2.38. The number of amides is 1. The molecule has 1 atom stereocenters. The molecular weight excluding hydrogens is 292 g/mol. The monoisotopic (exact) mass is 312 g/mol. The predicted octanol–water partition coefficient (Wildman–Crippen LogP) is 2.21. The maximum atomic E-state index is 12.5. The van der Waals surface area contributed by atoms with E-state index in [1.807, 2.05) is 17.9 Å². The summed E-state index contributed by atoms with van der Waals surface area (Å²) in [5, 5.41) is 4.08. The lowest BCUT2D eigenvalue weighted by Gasteiger charge is -2.16. The number of nitrogens with zero attached hydrogens (tertiary/aromatic N) is 4. The average Bonchev–Trinajstić information content (AvgIpc) is 3.09. The number of aryl methyl sites for hydroxylation is 1. The first-order valence-corrected chi connectivity index (χ1v) is 8.21. The Morgan fingerprint density at radius 2 is 2.22 bits per heavy atom. The first kappa shape index (κ1) is 14.4. The van der Waals surface area contributed by atoms with Crippen LogP contribution in [0.2, 0.25) is 0 Å². The van der Waals surface area contributed by atoms with Crippen molar-refractivity contribution >= 4 is 5.91 Å². The highest BCUT2D eigenvalue weighted by Gasteiger charge is 2.34. The molecule has 120 valence electrons. The normalized spacial score (nSPS) is 20.9. The Balaban J connectivity index is 1.39. The van der Waals surface area contributed by atoms with Crippen LogP contribution in [0.15, 0.2) is 23.0 Å². The molecule has 3 heterocycles. The maximum Gasteiger partial charge on any atom is 0.231 e. The summed E-state index contributed by atoms with van der Waals surface area (Å²) in [7, 11) is 0. The fourth-order valence-corrected chi connectivity index (χ4v) is 3.08. The Hall–Kier alpha value is -2.24. The van der Waals surface area contributed by atoms with Gasteiger partial charge < -0.3 is 9.42 Å². The first-order chi connectivity index (χ1) is 11.2. The van der Waals surface area contributed by atoms with Gasteiger partial charge in [-0.05, 0) is 43.4 Å². The van der Waals surface area contributed by atoms with Crippen molar-refractivity contribution in [2.24, 2.45) is 0 Å². The molecule has 1 amide bonds. The Morgan fingerprint density at radius 3 is 3.00 bits per heavy atom. The van der Waals surface area contributed by atoms with Crippen molar-refractivity contribution in [2.75, 3.05) is 13.1 Å². The molecule has 1 aliphatic heterocycles.